The number of halogens is 6. The number of likely N-dealkylation sites (tertiary alicyclic amines) is 1. The van der Waals surface area contributed by atoms with Crippen molar-refractivity contribution in [1.29, 1.82) is 4.78 Å². The number of rotatable bonds is 6. The summed E-state index contributed by atoms with van der Waals surface area (Å²) in [5.74, 6) is -3.38. The van der Waals surface area contributed by atoms with Crippen molar-refractivity contribution in [2.24, 2.45) is 5.73 Å². The molecule has 2 saturated heterocycles. The summed E-state index contributed by atoms with van der Waals surface area (Å²) in [6.07, 6.45) is -0.444. The van der Waals surface area contributed by atoms with E-state index in [4.69, 9.17) is 15.3 Å². The van der Waals surface area contributed by atoms with Crippen LogP contribution in [0.4, 0.5) is 26.3 Å². The highest BCUT2D eigenvalue weighted by Gasteiger charge is 2.51. The van der Waals surface area contributed by atoms with Crippen molar-refractivity contribution in [2.75, 3.05) is 19.8 Å². The second-order valence-electron chi connectivity index (χ2n) is 8.87. The van der Waals surface area contributed by atoms with E-state index in [2.05, 4.69) is 0 Å². The number of amides is 1. The Bertz CT molecular complexity index is 1260. The van der Waals surface area contributed by atoms with Gasteiger partial charge in [0, 0.05) is 24.2 Å². The molecule has 4 N–H and O–H groups in total. The first kappa shape index (κ1) is 26.4. The van der Waals surface area contributed by atoms with E-state index in [0.717, 1.165) is 12.1 Å². The average molecular weight is 536 g/mol. The third-order valence-electron chi connectivity index (χ3n) is 6.28. The number of nitrogens with two attached hydrogens (primary N) is 1. The van der Waals surface area contributed by atoms with Gasteiger partial charge in [-0.3, -0.25) is 4.79 Å². The van der Waals surface area contributed by atoms with E-state index < -0.39 is 56.4 Å². The molecule has 2 heterocycles. The molecular weight excluding hydrogens is 514 g/mol. The Morgan fingerprint density at radius 3 is 2.39 bits per heavy atom. The Labute approximate surface area is 202 Å². The number of benzene rings is 2. The number of nitrogens with one attached hydrogen (secondary N) is 2. The number of carbonyl (C=O) groups excluding carboxylic acids is 1. The van der Waals surface area contributed by atoms with Gasteiger partial charge in [-0.1, -0.05) is 18.2 Å². The van der Waals surface area contributed by atoms with Crippen LogP contribution in [0.25, 0.3) is 11.1 Å². The van der Waals surface area contributed by atoms with Crippen molar-refractivity contribution in [1.82, 2.24) is 9.62 Å². The average Bonchev–Trinajstić information content (AvgIpc) is 3.12. The largest absolute Gasteiger partial charge is 0.492 e. The van der Waals surface area contributed by atoms with E-state index in [-0.39, 0.29) is 49.3 Å². The van der Waals surface area contributed by atoms with E-state index >= 15 is 4.39 Å². The molecule has 2 aromatic rings. The second-order valence-corrected chi connectivity index (χ2v) is 10.7. The molecule has 196 valence electrons. The van der Waals surface area contributed by atoms with Gasteiger partial charge in [0.2, 0.25) is 15.8 Å². The molecule has 0 aromatic heterocycles. The van der Waals surface area contributed by atoms with Crippen molar-refractivity contribution in [2.45, 2.75) is 36.0 Å². The Hall–Kier alpha value is -2.68. The highest BCUT2D eigenvalue weighted by atomic mass is 32.2. The zero-order chi connectivity index (χ0) is 26.5. The molecule has 0 aliphatic carbocycles. The molecule has 0 spiro atoms. The zero-order valence-corrected chi connectivity index (χ0v) is 19.4. The fourth-order valence-electron chi connectivity index (χ4n) is 4.40. The minimum Gasteiger partial charge on any atom is -0.376 e. The Kier molecular flexibility index (Phi) is 6.83. The highest BCUT2D eigenvalue weighted by molar-refractivity contribution is 7.91. The molecule has 2 aliphatic heterocycles. The summed E-state index contributed by atoms with van der Waals surface area (Å²) in [4.78, 5) is 14.3. The van der Waals surface area contributed by atoms with Crippen molar-refractivity contribution in [3.63, 3.8) is 0 Å². The lowest BCUT2D eigenvalue weighted by Gasteiger charge is -2.41. The molecule has 1 amide bonds. The predicted molar refractivity (Wildman–Crippen MR) is 117 cm³/mol. The van der Waals surface area contributed by atoms with E-state index in [1.54, 1.807) is 4.72 Å². The fourth-order valence-corrected chi connectivity index (χ4v) is 5.24. The highest BCUT2D eigenvalue weighted by Crippen LogP contribution is 2.33. The van der Waals surface area contributed by atoms with E-state index in [0.29, 0.717) is 6.07 Å². The van der Waals surface area contributed by atoms with Gasteiger partial charge in [-0.2, -0.15) is 13.2 Å². The Morgan fingerprint density at radius 1 is 1.19 bits per heavy atom. The summed E-state index contributed by atoms with van der Waals surface area (Å²) in [5, 5.41) is 0. The molecule has 0 radical (unpaired) electrons. The maximum atomic E-state index is 15.5. The van der Waals surface area contributed by atoms with Gasteiger partial charge < -0.3 is 15.4 Å². The lowest BCUT2D eigenvalue weighted by molar-refractivity contribution is -0.155. The maximum absolute atomic E-state index is 15.5. The smallest absolute Gasteiger partial charge is 0.376 e. The van der Waals surface area contributed by atoms with Crippen LogP contribution in [-0.2, 0) is 25.9 Å². The number of carbonyl (C=O) groups is 1. The summed E-state index contributed by atoms with van der Waals surface area (Å²) in [5.41, 5.74) is -1.07. The van der Waals surface area contributed by atoms with Crippen LogP contribution >= 0.6 is 0 Å². The number of nitrogens with zero attached hydrogens (tertiary/aromatic N) is 1. The minimum absolute atomic E-state index is 0.0620. The molecular formula is C22H22F6N4O3S. The molecule has 2 aromatic carbocycles. The van der Waals surface area contributed by atoms with Crippen LogP contribution in [0, 0.1) is 22.2 Å². The van der Waals surface area contributed by atoms with Gasteiger partial charge in [0.15, 0.2) is 0 Å². The van der Waals surface area contributed by atoms with Gasteiger partial charge in [0.25, 0.3) is 0 Å². The van der Waals surface area contributed by atoms with E-state index in [1.165, 1.54) is 23.1 Å². The van der Waals surface area contributed by atoms with Crippen LogP contribution in [0.3, 0.4) is 0 Å². The van der Waals surface area contributed by atoms with Crippen LogP contribution in [0.5, 0.6) is 0 Å². The summed E-state index contributed by atoms with van der Waals surface area (Å²) in [6, 6.07) is 4.03. The van der Waals surface area contributed by atoms with Crippen LogP contribution in [0.1, 0.15) is 12.0 Å². The predicted octanol–water partition coefficient (Wildman–Crippen LogP) is 3.08. The quantitative estimate of drug-likeness (QED) is 0.493. The molecule has 4 rings (SSSR count). The van der Waals surface area contributed by atoms with Crippen molar-refractivity contribution in [3.05, 3.63) is 59.4 Å². The SMILES string of the molecule is N=S(=O)(N[C@H]1CCN(C(=O)C2(N)COC2)[C@H]1Cc1cccc(-c2cc(F)cc(F)c2)c1F)C(F)(F)F. The van der Waals surface area contributed by atoms with Crippen LogP contribution in [0.15, 0.2) is 36.4 Å². The van der Waals surface area contributed by atoms with Crippen molar-refractivity contribution in [3.8, 4) is 11.1 Å². The molecule has 7 nitrogen and oxygen atoms in total. The molecule has 1 unspecified atom stereocenters. The topological polar surface area (TPSA) is 109 Å². The summed E-state index contributed by atoms with van der Waals surface area (Å²) >= 11 is 0. The van der Waals surface area contributed by atoms with Gasteiger partial charge in [-0.25, -0.2) is 26.9 Å². The van der Waals surface area contributed by atoms with E-state index in [1.807, 2.05) is 0 Å². The Balaban J connectivity index is 1.69. The number of hydrogen-bond acceptors (Lipinski definition) is 5. The third-order valence-corrected chi connectivity index (χ3v) is 7.56. The van der Waals surface area contributed by atoms with Crippen molar-refractivity contribution < 1.29 is 40.1 Å². The monoisotopic (exact) mass is 536 g/mol. The van der Waals surface area contributed by atoms with Gasteiger partial charge >= 0.3 is 5.51 Å². The van der Waals surface area contributed by atoms with Gasteiger partial charge in [0.05, 0.1) is 19.3 Å². The first-order valence-electron chi connectivity index (χ1n) is 10.8. The molecule has 36 heavy (non-hydrogen) atoms. The molecule has 14 heteroatoms. The first-order valence-corrected chi connectivity index (χ1v) is 12.3. The maximum Gasteiger partial charge on any atom is 0.492 e. The lowest BCUT2D eigenvalue weighted by atomic mass is 9.93. The van der Waals surface area contributed by atoms with Crippen LogP contribution in [0.2, 0.25) is 0 Å². The van der Waals surface area contributed by atoms with Gasteiger partial charge in [0.1, 0.15) is 23.0 Å². The first-order chi connectivity index (χ1) is 16.7. The normalized spacial score (nSPS) is 23.2. The standard InChI is InChI=1S/C22H22F6N4O3S/c23-14-6-13(7-15(24)9-14)16-3-1-2-12(19(16)25)8-18-17(31-36(30,34)22(26,27)28)4-5-32(18)20(33)21(29)10-35-11-21/h1-3,6-7,9,17-18H,4-5,8,10-11,29H2,(H2,30,31,34)/t17-,18-,36?/m0/s1. The van der Waals surface area contributed by atoms with Crippen LogP contribution in [-0.4, -0.2) is 57.9 Å². The molecule has 3 atom stereocenters. The number of ether oxygens (including phenoxy) is 1. The fraction of sp³-hybridized carbons (Fsp3) is 0.409. The zero-order valence-electron chi connectivity index (χ0n) is 18.6. The van der Waals surface area contributed by atoms with Gasteiger partial charge in [-0.05, 0) is 36.1 Å². The van der Waals surface area contributed by atoms with E-state index in [9.17, 15) is 31.0 Å². The third kappa shape index (κ3) is 4.94. The minimum atomic E-state index is -5.38. The Morgan fingerprint density at radius 2 is 1.83 bits per heavy atom. The number of hydrogen-bond donors (Lipinski definition) is 3. The van der Waals surface area contributed by atoms with Crippen LogP contribution < -0.4 is 10.5 Å². The molecule has 0 bridgehead atoms. The molecule has 0 saturated carbocycles. The number of alkyl halides is 3. The van der Waals surface area contributed by atoms with Gasteiger partial charge in [-0.15, -0.1) is 0 Å². The lowest BCUT2D eigenvalue weighted by Crippen LogP contribution is -2.68. The summed E-state index contributed by atoms with van der Waals surface area (Å²) in [6.45, 7) is -0.302. The molecule has 2 fully saturated rings. The second kappa shape index (κ2) is 9.32. The summed E-state index contributed by atoms with van der Waals surface area (Å²) in [7, 11) is -5.27. The van der Waals surface area contributed by atoms with Crippen molar-refractivity contribution >= 4 is 15.8 Å². The summed E-state index contributed by atoms with van der Waals surface area (Å²) < 4.78 is 108. The molecule has 2 aliphatic rings.